The van der Waals surface area contributed by atoms with Crippen molar-refractivity contribution in [1.29, 1.82) is 0 Å². The van der Waals surface area contributed by atoms with Gasteiger partial charge in [-0.3, -0.25) is 19.7 Å². The number of carbonyl (C=O) groups is 4. The van der Waals surface area contributed by atoms with Crippen molar-refractivity contribution in [2.24, 2.45) is 11.8 Å². The van der Waals surface area contributed by atoms with Gasteiger partial charge in [0.1, 0.15) is 0 Å². The summed E-state index contributed by atoms with van der Waals surface area (Å²) in [5.74, 6) is -8.68. The number of rotatable bonds is 5. The summed E-state index contributed by atoms with van der Waals surface area (Å²) in [7, 11) is -3.17. The fourth-order valence-corrected chi connectivity index (χ4v) is 6.46. The molecule has 2 saturated heterocycles. The van der Waals surface area contributed by atoms with E-state index in [-0.39, 0.29) is 23.5 Å². The van der Waals surface area contributed by atoms with Crippen LogP contribution in [0.4, 0.5) is 39.5 Å². The topological polar surface area (TPSA) is 204 Å². The van der Waals surface area contributed by atoms with Crippen LogP contribution in [0.25, 0.3) is 0 Å². The van der Waals surface area contributed by atoms with E-state index < -0.39 is 51.5 Å². The van der Waals surface area contributed by atoms with Crippen LogP contribution < -0.4 is 5.32 Å². The molecule has 0 unspecified atom stereocenters. The number of fused-ring (bicyclic) bond motifs is 1. The number of alkyl halides is 9. The van der Waals surface area contributed by atoms with Crippen molar-refractivity contribution in [3.8, 4) is 0 Å². The van der Waals surface area contributed by atoms with Gasteiger partial charge in [-0.2, -0.15) is 39.5 Å². The first kappa shape index (κ1) is 42.5. The molecule has 0 aromatic carbocycles. The molecule has 0 spiro atoms. The van der Waals surface area contributed by atoms with Gasteiger partial charge in [0, 0.05) is 62.8 Å². The molecule has 23 heteroatoms. The molecule has 0 aliphatic carbocycles. The zero-order valence-electron chi connectivity index (χ0n) is 24.5. The quantitative estimate of drug-likeness (QED) is 0.327. The number of carboxylic acids is 3. The van der Waals surface area contributed by atoms with E-state index >= 15 is 0 Å². The zero-order valence-corrected chi connectivity index (χ0v) is 25.4. The highest BCUT2D eigenvalue weighted by molar-refractivity contribution is 7.92. The highest BCUT2D eigenvalue weighted by Crippen LogP contribution is 2.37. The van der Waals surface area contributed by atoms with Gasteiger partial charge in [0.25, 0.3) is 0 Å². The first-order chi connectivity index (χ1) is 22.4. The third-order valence-electron chi connectivity index (χ3n) is 6.46. The molecule has 2 aromatic rings. The van der Waals surface area contributed by atoms with Gasteiger partial charge in [-0.25, -0.2) is 22.8 Å². The van der Waals surface area contributed by atoms with Crippen molar-refractivity contribution < 1.29 is 82.4 Å². The van der Waals surface area contributed by atoms with E-state index in [0.29, 0.717) is 32.6 Å². The van der Waals surface area contributed by atoms with Gasteiger partial charge >= 0.3 is 36.4 Å². The lowest BCUT2D eigenvalue weighted by atomic mass is 9.87. The van der Waals surface area contributed by atoms with Gasteiger partial charge in [-0.1, -0.05) is 12.1 Å². The van der Waals surface area contributed by atoms with Crippen molar-refractivity contribution in [3.05, 3.63) is 60.2 Å². The Balaban J connectivity index is 0.000000467. The number of carboxylic acid groups (broad SMARTS) is 3. The average Bonchev–Trinajstić information content (AvgIpc) is 3.41. The Hall–Kier alpha value is -4.54. The van der Waals surface area contributed by atoms with Crippen molar-refractivity contribution in [3.63, 3.8) is 0 Å². The van der Waals surface area contributed by atoms with Gasteiger partial charge in [0.2, 0.25) is 5.91 Å². The van der Waals surface area contributed by atoms with Crippen LogP contribution in [0.1, 0.15) is 17.5 Å². The third kappa shape index (κ3) is 15.0. The fraction of sp³-hybridized carbons (Fsp3) is 0.462. The summed E-state index contributed by atoms with van der Waals surface area (Å²) in [6.07, 6.45) is -7.92. The molecule has 0 bridgehead atoms. The molecule has 0 saturated carbocycles. The molecule has 0 radical (unpaired) electrons. The number of halogens is 9. The third-order valence-corrected chi connectivity index (χ3v) is 8.68. The Bertz CT molecular complexity index is 1450. The number of sulfone groups is 1. The second-order valence-electron chi connectivity index (χ2n) is 10.0. The molecule has 2 fully saturated rings. The maximum atomic E-state index is 12.8. The van der Waals surface area contributed by atoms with E-state index in [1.807, 2.05) is 24.3 Å². The minimum absolute atomic E-state index is 0.0584. The molecule has 2 aliphatic heterocycles. The monoisotopic (exact) mass is 742 g/mol. The van der Waals surface area contributed by atoms with Crippen LogP contribution in [0.15, 0.2) is 49.1 Å². The van der Waals surface area contributed by atoms with E-state index in [1.165, 1.54) is 0 Å². The number of hydrogen-bond acceptors (Lipinski definition) is 9. The summed E-state index contributed by atoms with van der Waals surface area (Å²) in [4.78, 5) is 49.8. The summed E-state index contributed by atoms with van der Waals surface area (Å²) in [5, 5.41) is 23.9. The Morgan fingerprint density at radius 2 is 1.20 bits per heavy atom. The maximum absolute atomic E-state index is 12.8. The zero-order chi connectivity index (χ0) is 37.8. The SMILES string of the molecule is O=C(NCc1cccnc1)[C@@H]1CCS(=O)(=O)[C@@H]2CN(Cc3cccnc3)C[C@@H]21.O=C(O)C(F)(F)F.O=C(O)C(F)(F)F.O=C(O)C(F)(F)F. The normalized spacial score (nSPS) is 20.0. The summed E-state index contributed by atoms with van der Waals surface area (Å²) >= 11 is 0. The van der Waals surface area contributed by atoms with E-state index in [4.69, 9.17) is 29.7 Å². The summed E-state index contributed by atoms with van der Waals surface area (Å²) in [6, 6.07) is 7.61. The number of aromatic nitrogens is 2. The van der Waals surface area contributed by atoms with Crippen LogP contribution in [-0.4, -0.2) is 105 Å². The number of nitrogens with zero attached hydrogens (tertiary/aromatic N) is 3. The second kappa shape index (κ2) is 17.7. The highest BCUT2D eigenvalue weighted by atomic mass is 32.2. The maximum Gasteiger partial charge on any atom is 0.490 e. The van der Waals surface area contributed by atoms with Crippen molar-refractivity contribution in [1.82, 2.24) is 20.2 Å². The molecule has 1 amide bonds. The number of likely N-dealkylation sites (tertiary alicyclic amines) is 1. The molecule has 4 heterocycles. The van der Waals surface area contributed by atoms with E-state index in [9.17, 15) is 52.7 Å². The van der Waals surface area contributed by atoms with Gasteiger partial charge in [0.05, 0.1) is 11.0 Å². The molecule has 2 aromatic heterocycles. The second-order valence-corrected chi connectivity index (χ2v) is 12.3. The van der Waals surface area contributed by atoms with Gasteiger partial charge in [-0.05, 0) is 29.7 Å². The highest BCUT2D eigenvalue weighted by Gasteiger charge is 2.50. The Labute approximate surface area is 270 Å². The predicted octanol–water partition coefficient (Wildman–Crippen LogP) is 2.93. The first-order valence-electron chi connectivity index (χ1n) is 13.3. The summed E-state index contributed by atoms with van der Waals surface area (Å²) in [6.45, 7) is 2.16. The molecule has 49 heavy (non-hydrogen) atoms. The summed E-state index contributed by atoms with van der Waals surface area (Å²) in [5.41, 5.74) is 1.98. The van der Waals surface area contributed by atoms with Gasteiger partial charge in [0.15, 0.2) is 9.84 Å². The van der Waals surface area contributed by atoms with Crippen molar-refractivity contribution in [2.45, 2.75) is 43.3 Å². The molecular formula is C26H27F9N4O9S. The number of pyridine rings is 2. The fourth-order valence-electron chi connectivity index (χ4n) is 4.33. The molecule has 3 atom stereocenters. The Morgan fingerprint density at radius 3 is 1.59 bits per heavy atom. The predicted molar refractivity (Wildman–Crippen MR) is 146 cm³/mol. The van der Waals surface area contributed by atoms with Crippen molar-refractivity contribution >= 4 is 33.7 Å². The number of nitrogens with one attached hydrogen (secondary N) is 1. The number of aliphatic carboxylic acids is 3. The molecule has 4 N–H and O–H groups in total. The van der Waals surface area contributed by atoms with Crippen molar-refractivity contribution in [2.75, 3.05) is 18.8 Å². The Kier molecular flexibility index (Phi) is 15.4. The smallest absolute Gasteiger partial charge is 0.475 e. The van der Waals surface area contributed by atoms with E-state index in [2.05, 4.69) is 20.2 Å². The first-order valence-corrected chi connectivity index (χ1v) is 15.0. The lowest BCUT2D eigenvalue weighted by Crippen LogP contribution is -2.47. The van der Waals surface area contributed by atoms with Gasteiger partial charge in [-0.15, -0.1) is 0 Å². The lowest BCUT2D eigenvalue weighted by Gasteiger charge is -2.31. The van der Waals surface area contributed by atoms with Crippen LogP contribution >= 0.6 is 0 Å². The minimum atomic E-state index is -5.08. The minimum Gasteiger partial charge on any atom is -0.475 e. The van der Waals surface area contributed by atoms with Gasteiger partial charge < -0.3 is 20.6 Å². The average molecular weight is 743 g/mol. The lowest BCUT2D eigenvalue weighted by molar-refractivity contribution is -0.193. The van der Waals surface area contributed by atoms with E-state index in [0.717, 1.165) is 11.1 Å². The number of carbonyl (C=O) groups excluding carboxylic acids is 1. The molecule has 2 aliphatic rings. The summed E-state index contributed by atoms with van der Waals surface area (Å²) < 4.78 is 120. The molecule has 13 nitrogen and oxygen atoms in total. The molecular weight excluding hydrogens is 715 g/mol. The van der Waals surface area contributed by atoms with Crippen LogP contribution in [0.2, 0.25) is 0 Å². The van der Waals surface area contributed by atoms with Crippen LogP contribution in [0, 0.1) is 11.8 Å². The molecule has 4 rings (SSSR count). The largest absolute Gasteiger partial charge is 0.490 e. The van der Waals surface area contributed by atoms with Crippen LogP contribution in [0.5, 0.6) is 0 Å². The number of hydrogen-bond donors (Lipinski definition) is 4. The van der Waals surface area contributed by atoms with Crippen LogP contribution in [0.3, 0.4) is 0 Å². The van der Waals surface area contributed by atoms with Crippen LogP contribution in [-0.2, 0) is 42.1 Å². The number of amides is 1. The molecule has 274 valence electrons. The standard InChI is InChI=1S/C20H24N4O3S.3C2HF3O2/c25-20(23-11-15-3-1-6-21-9-15)17-5-8-28(26,27)19-14-24(13-18(17)19)12-16-4-2-7-22-10-16;3*3-2(4,5)1(6)7/h1-4,6-7,9-10,17-19H,5,8,11-14H2,(H,23,25);3*(H,6,7)/t17-,18-,19-;;;/m1.../s1. The Morgan fingerprint density at radius 1 is 0.776 bits per heavy atom. The van der Waals surface area contributed by atoms with E-state index in [1.54, 1.807) is 24.8 Å².